The van der Waals surface area contributed by atoms with Gasteiger partial charge in [0.25, 0.3) is 0 Å². The monoisotopic (exact) mass is 1150 g/mol. The lowest BCUT2D eigenvalue weighted by molar-refractivity contribution is 0.0326. The zero-order valence-electron chi connectivity index (χ0n) is 45.1. The first kappa shape index (κ1) is 60.4. The highest BCUT2D eigenvalue weighted by Gasteiger charge is 2.50. The molecule has 6 aliphatic rings. The zero-order valence-corrected chi connectivity index (χ0v) is 46.7. The number of carbonyl (C=O) groups excluding carboxylic acids is 2. The number of hydrogen-bond acceptors (Lipinski definition) is 12. The van der Waals surface area contributed by atoms with Crippen LogP contribution < -0.4 is 5.32 Å². The number of benzene rings is 6. The van der Waals surface area contributed by atoms with Crippen LogP contribution in [0, 0.1) is 35.5 Å². The smallest absolute Gasteiger partial charge is 0.176 e. The number of Topliss-reactive ketones (excluding diaryl/α,β-unsaturated/α-hetero) is 2. The summed E-state index contributed by atoms with van der Waals surface area (Å²) in [7, 11) is 0. The molecule has 80 heavy (non-hydrogen) atoms. The highest BCUT2D eigenvalue weighted by molar-refractivity contribution is 9.09. The first-order chi connectivity index (χ1) is 38.0. The van der Waals surface area contributed by atoms with Crippen LogP contribution in [0.1, 0.15) is 95.0 Å². The standard InChI is InChI=1S/C22H27NO3.C22H25NO3.C14H19NO.C8H7BrO2.CH4/c2*24-20-8-6-17(7-9-20)21(25)15-23-13-18-11-22(26,12-19(18)14-23)10-16-4-2-1-3-5-16;16-14(6-11-4-2-1-3-5-11)7-12-9-15-10-13(12)8-14;9-5-8(11)6-1-3-7(10)4-2-6;/h1-9,18-19,21,24-26H,10-15H2;1-9,18-19,24,26H,10-15H2;1-5,12-13,15-16H,6-10H2;1-4,10H,5H2;1H4/t18-,19+,21?,22?;18-,19+,22?;12-,13+,14?;;. The SMILES string of the molecule is C.O=C(CBr)c1ccc(O)cc1.O=C(CN1C[C@@H]2CC(O)(Cc3ccccc3)C[C@@H]2C1)c1ccc(O)cc1.OC1(Cc2ccccc2)C[C@H]2CNC[C@H]2C1.Oc1ccc(C(O)CN2C[C@@H]3CC(O)(Cc4ccccc4)C[C@@H]3C2)cc1. The highest BCUT2D eigenvalue weighted by atomic mass is 79.9. The Kier molecular flexibility index (Phi) is 20.6. The molecule has 4 unspecified atom stereocenters. The summed E-state index contributed by atoms with van der Waals surface area (Å²) in [5, 5.41) is 74.5. The van der Waals surface area contributed by atoms with Crippen LogP contribution in [0.4, 0.5) is 0 Å². The van der Waals surface area contributed by atoms with Gasteiger partial charge >= 0.3 is 0 Å². The number of rotatable bonds is 14. The number of halogens is 1. The van der Waals surface area contributed by atoms with Crippen molar-refractivity contribution in [2.75, 3.05) is 57.7 Å². The van der Waals surface area contributed by atoms with E-state index in [4.69, 9.17) is 5.11 Å². The van der Waals surface area contributed by atoms with Crippen LogP contribution in [0.15, 0.2) is 164 Å². The molecule has 6 aromatic carbocycles. The third kappa shape index (κ3) is 16.5. The number of hydrogen-bond donors (Lipinski definition) is 8. The van der Waals surface area contributed by atoms with Gasteiger partial charge in [0.1, 0.15) is 17.2 Å². The number of carbonyl (C=O) groups is 2. The number of aliphatic hydroxyl groups is 4. The van der Waals surface area contributed by atoms with Gasteiger partial charge in [0.05, 0.1) is 34.8 Å². The quantitative estimate of drug-likeness (QED) is 0.0381. The first-order valence-corrected chi connectivity index (χ1v) is 29.2. The normalized spacial score (nSPS) is 27.6. The minimum Gasteiger partial charge on any atom is -0.508 e. The third-order valence-electron chi connectivity index (χ3n) is 17.3. The Bertz CT molecular complexity index is 2840. The Hall–Kier alpha value is -5.74. The molecule has 12 rings (SSSR count). The lowest BCUT2D eigenvalue weighted by Crippen LogP contribution is -2.34. The molecule has 0 aromatic heterocycles. The molecule has 0 bridgehead atoms. The average molecular weight is 1150 g/mol. The van der Waals surface area contributed by atoms with Crippen molar-refractivity contribution in [3.63, 3.8) is 0 Å². The number of β-amino-alcohol motifs (C(OH)–C–C–N with tert-alkyl or cyclic N) is 1. The van der Waals surface area contributed by atoms with Crippen molar-refractivity contribution < 1.29 is 45.3 Å². The van der Waals surface area contributed by atoms with Gasteiger partial charge in [-0.05, 0) is 170 Å². The van der Waals surface area contributed by atoms with Crippen molar-refractivity contribution in [2.45, 2.75) is 88.1 Å². The van der Waals surface area contributed by atoms with Crippen molar-refractivity contribution in [1.29, 1.82) is 0 Å². The van der Waals surface area contributed by atoms with Crippen LogP contribution in [0.5, 0.6) is 17.2 Å². The van der Waals surface area contributed by atoms with E-state index < -0.39 is 22.9 Å². The first-order valence-electron chi connectivity index (χ1n) is 28.1. The molecule has 8 N–H and O–H groups in total. The summed E-state index contributed by atoms with van der Waals surface area (Å²) >= 11 is 3.06. The maximum atomic E-state index is 12.4. The Morgan fingerprint density at radius 1 is 0.475 bits per heavy atom. The molecule has 3 saturated heterocycles. The number of aliphatic hydroxyl groups excluding tert-OH is 1. The van der Waals surface area contributed by atoms with Gasteiger partial charge in [0.15, 0.2) is 11.6 Å². The number of phenols is 3. The lowest BCUT2D eigenvalue weighted by atomic mass is 9.91. The van der Waals surface area contributed by atoms with Crippen LogP contribution in [0.3, 0.4) is 0 Å². The van der Waals surface area contributed by atoms with Crippen molar-refractivity contribution in [3.05, 3.63) is 197 Å². The van der Waals surface area contributed by atoms with Crippen LogP contribution >= 0.6 is 15.9 Å². The third-order valence-corrected chi connectivity index (χ3v) is 17.9. The Morgan fingerprint density at radius 2 is 0.800 bits per heavy atom. The second kappa shape index (κ2) is 27.4. The van der Waals surface area contributed by atoms with Crippen LogP contribution in [0.2, 0.25) is 0 Å². The fourth-order valence-electron chi connectivity index (χ4n) is 13.8. The predicted molar refractivity (Wildman–Crippen MR) is 318 cm³/mol. The number of nitrogens with zero attached hydrogens (tertiary/aromatic N) is 2. The van der Waals surface area contributed by atoms with Gasteiger partial charge < -0.3 is 41.1 Å². The topological polar surface area (TPSA) is 194 Å². The Balaban J connectivity index is 0.000000146. The van der Waals surface area contributed by atoms with E-state index in [1.54, 1.807) is 60.7 Å². The molecule has 3 aliphatic heterocycles. The van der Waals surface area contributed by atoms with Crippen molar-refractivity contribution >= 4 is 27.5 Å². The maximum Gasteiger partial charge on any atom is 0.176 e. The molecular weight excluding hydrogens is 1070 g/mol. The lowest BCUT2D eigenvalue weighted by Gasteiger charge is -2.27. The van der Waals surface area contributed by atoms with E-state index in [0.717, 1.165) is 96.2 Å². The van der Waals surface area contributed by atoms with E-state index in [0.29, 0.717) is 71.5 Å². The fourth-order valence-corrected chi connectivity index (χ4v) is 14.1. The Morgan fingerprint density at radius 3 is 1.16 bits per heavy atom. The minimum atomic E-state index is -0.607. The van der Waals surface area contributed by atoms with Gasteiger partial charge in [-0.3, -0.25) is 19.4 Å². The molecule has 3 saturated carbocycles. The minimum absolute atomic E-state index is 0. The highest BCUT2D eigenvalue weighted by Crippen LogP contribution is 2.47. The number of ketones is 2. The summed E-state index contributed by atoms with van der Waals surface area (Å²) in [6, 6.07) is 50.2. The molecule has 0 radical (unpaired) electrons. The number of likely N-dealkylation sites (tertiary alicyclic amines) is 2. The maximum absolute atomic E-state index is 12.4. The van der Waals surface area contributed by atoms with Gasteiger partial charge in [-0.25, -0.2) is 0 Å². The molecule has 426 valence electrons. The molecule has 12 nitrogen and oxygen atoms in total. The predicted octanol–water partition coefficient (Wildman–Crippen LogP) is 9.83. The summed E-state index contributed by atoms with van der Waals surface area (Å²) in [6.45, 7) is 6.86. The van der Waals surface area contributed by atoms with Gasteiger partial charge in [0, 0.05) is 63.1 Å². The zero-order chi connectivity index (χ0) is 55.6. The van der Waals surface area contributed by atoms with Crippen LogP contribution in [0.25, 0.3) is 0 Å². The number of alkyl halides is 1. The van der Waals surface area contributed by atoms with Crippen molar-refractivity contribution in [3.8, 4) is 17.2 Å². The number of nitrogens with one attached hydrogen (secondary N) is 1. The fraction of sp³-hybridized carbons (Fsp3) is 0.433. The molecule has 10 atom stereocenters. The molecule has 6 aromatic rings. The second-order valence-corrected chi connectivity index (χ2v) is 24.3. The van der Waals surface area contributed by atoms with Crippen molar-refractivity contribution in [1.82, 2.24) is 15.1 Å². The summed E-state index contributed by atoms with van der Waals surface area (Å²) in [5.41, 5.74) is 4.10. The van der Waals surface area contributed by atoms with Crippen LogP contribution in [-0.2, 0) is 19.3 Å². The summed E-state index contributed by atoms with van der Waals surface area (Å²) in [5.74, 6) is 4.04. The van der Waals surface area contributed by atoms with Gasteiger partial charge in [-0.15, -0.1) is 0 Å². The Labute approximate surface area is 481 Å². The van der Waals surface area contributed by atoms with Gasteiger partial charge in [-0.2, -0.15) is 0 Å². The molecule has 3 heterocycles. The van der Waals surface area contributed by atoms with Gasteiger partial charge in [-0.1, -0.05) is 126 Å². The van der Waals surface area contributed by atoms with Crippen molar-refractivity contribution in [2.24, 2.45) is 35.5 Å². The molecule has 0 spiro atoms. The van der Waals surface area contributed by atoms with E-state index in [1.807, 2.05) is 42.5 Å². The number of fused-ring (bicyclic) bond motifs is 3. The molecule has 13 heteroatoms. The molecule has 6 fully saturated rings. The van der Waals surface area contributed by atoms with E-state index in [9.17, 15) is 40.2 Å². The molecule has 3 aliphatic carbocycles. The molecule has 0 amide bonds. The number of phenolic OH excluding ortho intramolecular Hbond substituents is 3. The summed E-state index contributed by atoms with van der Waals surface area (Å²) in [6.07, 6.45) is 6.99. The van der Waals surface area contributed by atoms with E-state index in [-0.39, 0.29) is 36.2 Å². The summed E-state index contributed by atoms with van der Waals surface area (Å²) < 4.78 is 0. The van der Waals surface area contributed by atoms with E-state index >= 15 is 0 Å². The van der Waals surface area contributed by atoms with E-state index in [1.165, 1.54) is 28.8 Å². The number of aromatic hydroxyl groups is 3. The largest absolute Gasteiger partial charge is 0.508 e. The summed E-state index contributed by atoms with van der Waals surface area (Å²) in [4.78, 5) is 28.0. The average Bonchev–Trinajstić information content (AvgIpc) is 4.32. The van der Waals surface area contributed by atoms with Gasteiger partial charge in [0.2, 0.25) is 0 Å². The van der Waals surface area contributed by atoms with E-state index in [2.05, 4.69) is 79.6 Å². The second-order valence-electron chi connectivity index (χ2n) is 23.7. The van der Waals surface area contributed by atoms with Crippen LogP contribution in [-0.4, -0.2) is 132 Å². The molecular formula is C67H82BrN3O9.